The van der Waals surface area contributed by atoms with Crippen LogP contribution in [0.5, 0.6) is 0 Å². The maximum atomic E-state index is 12.3. The van der Waals surface area contributed by atoms with E-state index in [-0.39, 0.29) is 11.9 Å². The zero-order valence-corrected chi connectivity index (χ0v) is 12.9. The Labute approximate surface area is 123 Å². The quantitative estimate of drug-likeness (QED) is 0.757. The number of nitrogens with two attached hydrogens (primary N) is 1. The third-order valence-electron chi connectivity index (χ3n) is 3.56. The number of thiazole rings is 1. The van der Waals surface area contributed by atoms with E-state index in [4.69, 9.17) is 5.73 Å². The summed E-state index contributed by atoms with van der Waals surface area (Å²) in [6.07, 6.45) is 1.93. The molecule has 1 aromatic rings. The molecule has 4 N–H and O–H groups in total. The first-order valence-corrected chi connectivity index (χ1v) is 8.00. The first-order chi connectivity index (χ1) is 9.65. The second kappa shape index (κ2) is 6.90. The van der Waals surface area contributed by atoms with Crippen molar-refractivity contribution in [3.8, 4) is 0 Å². The van der Waals surface area contributed by atoms with E-state index < -0.39 is 0 Å². The molecule has 1 fully saturated rings. The number of hydrogen-bond acceptors (Lipinski definition) is 6. The number of anilines is 2. The van der Waals surface area contributed by atoms with Gasteiger partial charge in [-0.3, -0.25) is 4.79 Å². The molecule has 1 saturated heterocycles. The van der Waals surface area contributed by atoms with Crippen LogP contribution in [0.25, 0.3) is 0 Å². The van der Waals surface area contributed by atoms with Crippen molar-refractivity contribution in [3.63, 3.8) is 0 Å². The SMILES string of the molecule is CCN(CC)c1nc(N)c(C(=O)NC2CCNCC2)s1. The van der Waals surface area contributed by atoms with Crippen molar-refractivity contribution in [2.24, 2.45) is 0 Å². The van der Waals surface area contributed by atoms with Gasteiger partial charge in [0.1, 0.15) is 10.7 Å². The molecule has 0 atom stereocenters. The van der Waals surface area contributed by atoms with Gasteiger partial charge in [0.2, 0.25) is 0 Å². The summed E-state index contributed by atoms with van der Waals surface area (Å²) in [5.74, 6) is 0.244. The van der Waals surface area contributed by atoms with Gasteiger partial charge in [-0.05, 0) is 39.8 Å². The Hall–Kier alpha value is -1.34. The van der Waals surface area contributed by atoms with Crippen molar-refractivity contribution in [3.05, 3.63) is 4.88 Å². The van der Waals surface area contributed by atoms with Crippen LogP contribution in [0.4, 0.5) is 10.9 Å². The third-order valence-corrected chi connectivity index (χ3v) is 4.69. The van der Waals surface area contributed by atoms with E-state index in [0.717, 1.165) is 44.2 Å². The van der Waals surface area contributed by atoms with Gasteiger partial charge in [0.15, 0.2) is 5.13 Å². The fraction of sp³-hybridized carbons (Fsp3) is 0.692. The van der Waals surface area contributed by atoms with Gasteiger partial charge in [0.05, 0.1) is 0 Å². The molecule has 6 nitrogen and oxygen atoms in total. The molecule has 2 heterocycles. The van der Waals surface area contributed by atoms with Gasteiger partial charge in [0, 0.05) is 19.1 Å². The van der Waals surface area contributed by atoms with Crippen molar-refractivity contribution in [2.45, 2.75) is 32.7 Å². The molecule has 0 aliphatic carbocycles. The van der Waals surface area contributed by atoms with Crippen LogP contribution in [0.15, 0.2) is 0 Å². The van der Waals surface area contributed by atoms with E-state index >= 15 is 0 Å². The summed E-state index contributed by atoms with van der Waals surface area (Å²) in [6, 6.07) is 0.238. The van der Waals surface area contributed by atoms with E-state index in [2.05, 4.69) is 34.4 Å². The van der Waals surface area contributed by atoms with Crippen molar-refractivity contribution in [2.75, 3.05) is 36.8 Å². The maximum Gasteiger partial charge on any atom is 0.265 e. The highest BCUT2D eigenvalue weighted by atomic mass is 32.1. The number of amides is 1. The number of nitrogen functional groups attached to an aromatic ring is 1. The zero-order valence-electron chi connectivity index (χ0n) is 12.1. The molecule has 7 heteroatoms. The van der Waals surface area contributed by atoms with E-state index in [9.17, 15) is 4.79 Å². The number of piperidine rings is 1. The molecule has 0 radical (unpaired) electrons. The Kier molecular flexibility index (Phi) is 5.19. The fourth-order valence-electron chi connectivity index (χ4n) is 2.33. The van der Waals surface area contributed by atoms with Crippen LogP contribution in [0.1, 0.15) is 36.4 Å². The molecular weight excluding hydrogens is 274 g/mol. The summed E-state index contributed by atoms with van der Waals surface area (Å²) >= 11 is 1.38. The van der Waals surface area contributed by atoms with Gasteiger partial charge in [0.25, 0.3) is 5.91 Å². The lowest BCUT2D eigenvalue weighted by molar-refractivity contribution is 0.0934. The number of hydrogen-bond donors (Lipinski definition) is 3. The van der Waals surface area contributed by atoms with Gasteiger partial charge < -0.3 is 21.3 Å². The smallest absolute Gasteiger partial charge is 0.265 e. The Balaban J connectivity index is 2.05. The standard InChI is InChI=1S/C13H23N5OS/c1-3-18(4-2)13-17-11(14)10(20-13)12(19)16-9-5-7-15-8-6-9/h9,15H,3-8,14H2,1-2H3,(H,16,19). The molecule has 1 aliphatic heterocycles. The maximum absolute atomic E-state index is 12.3. The summed E-state index contributed by atoms with van der Waals surface area (Å²) in [6.45, 7) is 7.75. The van der Waals surface area contributed by atoms with E-state index in [1.165, 1.54) is 11.3 Å². The number of aromatic nitrogens is 1. The lowest BCUT2D eigenvalue weighted by atomic mass is 10.1. The number of carbonyl (C=O) groups excluding carboxylic acids is 1. The van der Waals surface area contributed by atoms with E-state index in [0.29, 0.717) is 10.7 Å². The summed E-state index contributed by atoms with van der Waals surface area (Å²) in [7, 11) is 0. The highest BCUT2D eigenvalue weighted by Gasteiger charge is 2.22. The molecule has 0 saturated carbocycles. The molecular formula is C13H23N5OS. The fourth-order valence-corrected chi connectivity index (χ4v) is 3.35. The summed E-state index contributed by atoms with van der Waals surface area (Å²) in [4.78, 5) is 19.2. The van der Waals surface area contributed by atoms with Gasteiger partial charge in [-0.25, -0.2) is 4.98 Å². The summed E-state index contributed by atoms with van der Waals surface area (Å²) in [5, 5.41) is 7.16. The second-order valence-corrected chi connectivity index (χ2v) is 5.86. The highest BCUT2D eigenvalue weighted by molar-refractivity contribution is 7.18. The Morgan fingerprint density at radius 2 is 2.10 bits per heavy atom. The van der Waals surface area contributed by atoms with Crippen LogP contribution >= 0.6 is 11.3 Å². The summed E-state index contributed by atoms with van der Waals surface area (Å²) < 4.78 is 0. The van der Waals surface area contributed by atoms with Gasteiger partial charge >= 0.3 is 0 Å². The van der Waals surface area contributed by atoms with Crippen LogP contribution in [0.3, 0.4) is 0 Å². The molecule has 2 rings (SSSR count). The molecule has 1 amide bonds. The van der Waals surface area contributed by atoms with Crippen LogP contribution in [-0.2, 0) is 0 Å². The minimum Gasteiger partial charge on any atom is -0.382 e. The Morgan fingerprint density at radius 3 is 2.70 bits per heavy atom. The Morgan fingerprint density at radius 1 is 1.45 bits per heavy atom. The molecule has 112 valence electrons. The second-order valence-electron chi connectivity index (χ2n) is 4.88. The van der Waals surface area contributed by atoms with Crippen LogP contribution < -0.4 is 21.3 Å². The normalized spacial score (nSPS) is 16.1. The van der Waals surface area contributed by atoms with Crippen molar-refractivity contribution in [1.82, 2.24) is 15.6 Å². The third kappa shape index (κ3) is 3.40. The number of nitrogens with one attached hydrogen (secondary N) is 2. The average molecular weight is 297 g/mol. The number of nitrogens with zero attached hydrogens (tertiary/aromatic N) is 2. The van der Waals surface area contributed by atoms with Gasteiger partial charge in [-0.2, -0.15) is 0 Å². The zero-order chi connectivity index (χ0) is 14.5. The van der Waals surface area contributed by atoms with E-state index in [1.807, 2.05) is 0 Å². The van der Waals surface area contributed by atoms with E-state index in [1.54, 1.807) is 0 Å². The topological polar surface area (TPSA) is 83.3 Å². The average Bonchev–Trinajstić information content (AvgIpc) is 2.83. The van der Waals surface area contributed by atoms with Crippen molar-refractivity contribution < 1.29 is 4.79 Å². The van der Waals surface area contributed by atoms with Gasteiger partial charge in [-0.1, -0.05) is 11.3 Å². The first kappa shape index (κ1) is 15.1. The van der Waals surface area contributed by atoms with Crippen molar-refractivity contribution in [1.29, 1.82) is 0 Å². The van der Waals surface area contributed by atoms with Crippen LogP contribution in [0.2, 0.25) is 0 Å². The molecule has 0 unspecified atom stereocenters. The highest BCUT2D eigenvalue weighted by Crippen LogP contribution is 2.28. The molecule has 1 aliphatic rings. The number of rotatable bonds is 5. The molecule has 1 aromatic heterocycles. The van der Waals surface area contributed by atoms with Crippen molar-refractivity contribution >= 4 is 28.2 Å². The number of carbonyl (C=O) groups is 1. The largest absolute Gasteiger partial charge is 0.382 e. The minimum atomic E-state index is -0.0923. The molecule has 0 bridgehead atoms. The molecule has 20 heavy (non-hydrogen) atoms. The lowest BCUT2D eigenvalue weighted by Gasteiger charge is -2.23. The Bertz CT molecular complexity index is 452. The summed E-state index contributed by atoms with van der Waals surface area (Å²) in [5.41, 5.74) is 5.89. The monoisotopic (exact) mass is 297 g/mol. The van der Waals surface area contributed by atoms with Crippen LogP contribution in [0, 0.1) is 0 Å². The minimum absolute atomic E-state index is 0.0923. The predicted molar refractivity (Wildman–Crippen MR) is 83.4 cm³/mol. The molecule has 0 spiro atoms. The van der Waals surface area contributed by atoms with Gasteiger partial charge in [-0.15, -0.1) is 0 Å². The predicted octanol–water partition coefficient (Wildman–Crippen LogP) is 1.05. The van der Waals surface area contributed by atoms with Crippen LogP contribution in [-0.4, -0.2) is 43.1 Å². The first-order valence-electron chi connectivity index (χ1n) is 7.18. The molecule has 0 aromatic carbocycles. The lowest BCUT2D eigenvalue weighted by Crippen LogP contribution is -2.42.